The minimum atomic E-state index is -0.145. The zero-order chi connectivity index (χ0) is 13.0. The molecule has 1 heterocycles. The Morgan fingerprint density at radius 3 is 3.17 bits per heavy atom. The molecule has 0 saturated carbocycles. The van der Waals surface area contributed by atoms with E-state index in [0.717, 1.165) is 30.9 Å². The lowest BCUT2D eigenvalue weighted by atomic mass is 10.0. The second-order valence-corrected chi connectivity index (χ2v) is 5.98. The molecular weight excluding hydrogens is 249 g/mol. The largest absolute Gasteiger partial charge is 0.384 e. The molecule has 2 rings (SSSR count). The van der Waals surface area contributed by atoms with Gasteiger partial charge in [-0.1, -0.05) is 6.92 Å². The van der Waals surface area contributed by atoms with Gasteiger partial charge in [0.05, 0.1) is 0 Å². The summed E-state index contributed by atoms with van der Waals surface area (Å²) in [4.78, 5) is 1.21. The van der Waals surface area contributed by atoms with E-state index in [1.807, 2.05) is 17.8 Å². The number of rotatable bonds is 5. The molecule has 0 aromatic heterocycles. The topological polar surface area (TPSA) is 21.3 Å². The summed E-state index contributed by atoms with van der Waals surface area (Å²) >= 11 is 1.81. The van der Waals surface area contributed by atoms with Crippen molar-refractivity contribution in [2.75, 3.05) is 26.0 Å². The van der Waals surface area contributed by atoms with Crippen molar-refractivity contribution >= 4 is 11.8 Å². The van der Waals surface area contributed by atoms with Gasteiger partial charge in [-0.25, -0.2) is 4.39 Å². The molecule has 1 aliphatic rings. The van der Waals surface area contributed by atoms with Crippen LogP contribution in [0.2, 0.25) is 0 Å². The molecule has 100 valence electrons. The van der Waals surface area contributed by atoms with Gasteiger partial charge in [0.1, 0.15) is 5.82 Å². The summed E-state index contributed by atoms with van der Waals surface area (Å²) in [5, 5.41) is 3.53. The maximum absolute atomic E-state index is 13.3. The second-order valence-electron chi connectivity index (χ2n) is 4.84. The second kappa shape index (κ2) is 6.55. The minimum Gasteiger partial charge on any atom is -0.384 e. The summed E-state index contributed by atoms with van der Waals surface area (Å²) < 4.78 is 18.5. The van der Waals surface area contributed by atoms with E-state index in [1.54, 1.807) is 19.2 Å². The number of nitrogens with one attached hydrogen (secondary N) is 1. The van der Waals surface area contributed by atoms with E-state index in [-0.39, 0.29) is 11.9 Å². The van der Waals surface area contributed by atoms with Crippen LogP contribution < -0.4 is 5.32 Å². The lowest BCUT2D eigenvalue weighted by Gasteiger charge is -2.27. The fourth-order valence-electron chi connectivity index (χ4n) is 2.26. The molecule has 1 aliphatic heterocycles. The highest BCUT2D eigenvalue weighted by Crippen LogP contribution is 2.36. The molecule has 2 nitrogen and oxygen atoms in total. The number of fused-ring (bicyclic) bond motifs is 1. The van der Waals surface area contributed by atoms with E-state index >= 15 is 0 Å². The molecule has 1 N–H and O–H groups in total. The Hall–Kier alpha value is -0.580. The molecule has 0 saturated heterocycles. The Morgan fingerprint density at radius 2 is 2.39 bits per heavy atom. The van der Waals surface area contributed by atoms with Crippen molar-refractivity contribution in [3.8, 4) is 0 Å². The van der Waals surface area contributed by atoms with Crippen LogP contribution >= 0.6 is 11.8 Å². The van der Waals surface area contributed by atoms with Gasteiger partial charge < -0.3 is 10.1 Å². The maximum Gasteiger partial charge on any atom is 0.123 e. The van der Waals surface area contributed by atoms with Crippen molar-refractivity contribution in [2.45, 2.75) is 24.3 Å². The number of methoxy groups -OCH3 is 1. The number of thioether (sulfide) groups is 1. The van der Waals surface area contributed by atoms with Crippen molar-refractivity contribution < 1.29 is 9.13 Å². The zero-order valence-corrected chi connectivity index (χ0v) is 11.7. The Bertz CT molecular complexity index is 399. The van der Waals surface area contributed by atoms with Crippen LogP contribution in [0.1, 0.15) is 24.9 Å². The smallest absolute Gasteiger partial charge is 0.123 e. The van der Waals surface area contributed by atoms with Gasteiger partial charge in [0, 0.05) is 31.2 Å². The molecule has 0 spiro atoms. The Labute approximate surface area is 112 Å². The monoisotopic (exact) mass is 269 g/mol. The third kappa shape index (κ3) is 3.46. The predicted molar refractivity (Wildman–Crippen MR) is 73.5 cm³/mol. The lowest BCUT2D eigenvalue weighted by molar-refractivity contribution is 0.156. The normalized spacial score (nSPS) is 20.5. The van der Waals surface area contributed by atoms with E-state index in [2.05, 4.69) is 12.2 Å². The summed E-state index contributed by atoms with van der Waals surface area (Å²) in [5.41, 5.74) is 1.11. The number of hydrogen-bond donors (Lipinski definition) is 1. The fourth-order valence-corrected chi connectivity index (χ4v) is 3.37. The van der Waals surface area contributed by atoms with Gasteiger partial charge in [0.2, 0.25) is 0 Å². The highest BCUT2D eigenvalue weighted by molar-refractivity contribution is 7.99. The quantitative estimate of drug-likeness (QED) is 0.886. The Balaban J connectivity index is 2.01. The summed E-state index contributed by atoms with van der Waals surface area (Å²) in [6, 6.07) is 5.38. The van der Waals surface area contributed by atoms with E-state index in [4.69, 9.17) is 4.74 Å². The van der Waals surface area contributed by atoms with Crippen LogP contribution in [-0.2, 0) is 4.74 Å². The molecule has 0 amide bonds. The molecule has 0 fully saturated rings. The molecular formula is C14H20FNOS. The van der Waals surface area contributed by atoms with E-state index in [9.17, 15) is 4.39 Å². The molecule has 2 unspecified atom stereocenters. The Kier molecular flexibility index (Phi) is 5.03. The fraction of sp³-hybridized carbons (Fsp3) is 0.571. The van der Waals surface area contributed by atoms with Crippen molar-refractivity contribution in [3.63, 3.8) is 0 Å². The number of ether oxygens (including phenoxy) is 1. The van der Waals surface area contributed by atoms with Crippen LogP contribution in [0.15, 0.2) is 23.1 Å². The van der Waals surface area contributed by atoms with Gasteiger partial charge in [0.25, 0.3) is 0 Å². The predicted octanol–water partition coefficient (Wildman–Crippen LogP) is 3.23. The molecule has 0 radical (unpaired) electrons. The number of benzene rings is 1. The van der Waals surface area contributed by atoms with Crippen LogP contribution in [-0.4, -0.2) is 26.0 Å². The van der Waals surface area contributed by atoms with Crippen LogP contribution in [0.4, 0.5) is 4.39 Å². The van der Waals surface area contributed by atoms with E-state index in [0.29, 0.717) is 5.92 Å². The number of hydrogen-bond acceptors (Lipinski definition) is 3. The molecule has 1 aromatic carbocycles. The third-order valence-electron chi connectivity index (χ3n) is 3.18. The summed E-state index contributed by atoms with van der Waals surface area (Å²) in [5.74, 6) is 1.42. The van der Waals surface area contributed by atoms with Crippen molar-refractivity contribution in [1.82, 2.24) is 5.32 Å². The average Bonchev–Trinajstić information content (AvgIpc) is 2.36. The molecule has 1 aromatic rings. The summed E-state index contributed by atoms with van der Waals surface area (Å²) in [7, 11) is 1.72. The van der Waals surface area contributed by atoms with E-state index in [1.165, 1.54) is 4.90 Å². The van der Waals surface area contributed by atoms with Gasteiger partial charge in [-0.3, -0.25) is 0 Å². The first kappa shape index (κ1) is 13.8. The first-order chi connectivity index (χ1) is 8.70. The summed E-state index contributed by atoms with van der Waals surface area (Å²) in [6.07, 6.45) is 1.06. The van der Waals surface area contributed by atoms with Gasteiger partial charge in [-0.2, -0.15) is 0 Å². The average molecular weight is 269 g/mol. The van der Waals surface area contributed by atoms with Gasteiger partial charge in [-0.15, -0.1) is 11.8 Å². The molecule has 0 bridgehead atoms. The van der Waals surface area contributed by atoms with Crippen LogP contribution in [0.5, 0.6) is 0 Å². The lowest BCUT2D eigenvalue weighted by Crippen LogP contribution is -2.30. The standard InChI is InChI=1S/C14H20FNOS/c1-10(9-17-2)8-16-13-5-6-18-14-4-3-11(15)7-12(13)14/h3-4,7,10,13,16H,5-6,8-9H2,1-2H3. The molecule has 4 heteroatoms. The molecule has 18 heavy (non-hydrogen) atoms. The van der Waals surface area contributed by atoms with Crippen molar-refractivity contribution in [3.05, 3.63) is 29.6 Å². The van der Waals surface area contributed by atoms with E-state index < -0.39 is 0 Å². The van der Waals surface area contributed by atoms with Crippen molar-refractivity contribution in [2.24, 2.45) is 5.92 Å². The Morgan fingerprint density at radius 1 is 1.56 bits per heavy atom. The summed E-state index contributed by atoms with van der Waals surface area (Å²) in [6.45, 7) is 3.81. The first-order valence-corrected chi connectivity index (χ1v) is 7.34. The SMILES string of the molecule is COCC(C)CNC1CCSc2ccc(F)cc21. The minimum absolute atomic E-state index is 0.145. The van der Waals surface area contributed by atoms with Crippen molar-refractivity contribution in [1.29, 1.82) is 0 Å². The van der Waals surface area contributed by atoms with Gasteiger partial charge in [0.15, 0.2) is 0 Å². The zero-order valence-electron chi connectivity index (χ0n) is 10.9. The van der Waals surface area contributed by atoms with Crippen LogP contribution in [0.3, 0.4) is 0 Å². The number of halogens is 1. The van der Waals surface area contributed by atoms with Gasteiger partial charge in [-0.05, 0) is 41.9 Å². The van der Waals surface area contributed by atoms with Crippen LogP contribution in [0, 0.1) is 11.7 Å². The maximum atomic E-state index is 13.3. The highest BCUT2D eigenvalue weighted by Gasteiger charge is 2.21. The molecule has 0 aliphatic carbocycles. The van der Waals surface area contributed by atoms with Crippen LogP contribution in [0.25, 0.3) is 0 Å². The molecule has 2 atom stereocenters. The third-order valence-corrected chi connectivity index (χ3v) is 4.30. The first-order valence-electron chi connectivity index (χ1n) is 6.35. The highest BCUT2D eigenvalue weighted by atomic mass is 32.2. The van der Waals surface area contributed by atoms with Gasteiger partial charge >= 0.3 is 0 Å².